The summed E-state index contributed by atoms with van der Waals surface area (Å²) < 4.78 is 3.11. The Hall–Kier alpha value is -0.720. The summed E-state index contributed by atoms with van der Waals surface area (Å²) in [6.45, 7) is 1.68. The number of aliphatic imine (C=N–C) groups is 2. The maximum atomic E-state index is 4.38. The minimum Gasteiger partial charge on any atom is -0.272 e. The Bertz CT molecular complexity index is 456. The fraction of sp³-hybridized carbons (Fsp3) is 0.545. The first kappa shape index (κ1) is 10.4. The van der Waals surface area contributed by atoms with Crippen LogP contribution >= 0.6 is 22.6 Å². The highest BCUT2D eigenvalue weighted by atomic mass is 127. The van der Waals surface area contributed by atoms with Crippen molar-refractivity contribution in [1.82, 2.24) is 9.78 Å². The van der Waals surface area contributed by atoms with Gasteiger partial charge in [-0.3, -0.25) is 14.7 Å². The molecule has 2 heterocycles. The zero-order chi connectivity index (χ0) is 11.0. The maximum absolute atomic E-state index is 4.38. The second-order valence-electron chi connectivity index (χ2n) is 4.39. The van der Waals surface area contributed by atoms with Crippen LogP contribution in [0.2, 0.25) is 0 Å². The van der Waals surface area contributed by atoms with Gasteiger partial charge in [-0.15, -0.1) is 0 Å². The average Bonchev–Trinajstić information content (AvgIpc) is 2.82. The molecule has 84 valence electrons. The largest absolute Gasteiger partial charge is 0.272 e. The molecule has 1 aromatic rings. The topological polar surface area (TPSA) is 42.5 Å². The first-order valence-corrected chi connectivity index (χ1v) is 6.64. The summed E-state index contributed by atoms with van der Waals surface area (Å²) in [7, 11) is 0. The molecule has 4 nitrogen and oxygen atoms in total. The Kier molecular flexibility index (Phi) is 2.79. The molecule has 1 aromatic heterocycles. The van der Waals surface area contributed by atoms with Crippen LogP contribution in [-0.2, 0) is 13.0 Å². The molecular formula is C11H13IN4. The Morgan fingerprint density at radius 3 is 2.94 bits per heavy atom. The predicted octanol–water partition coefficient (Wildman–Crippen LogP) is 2.08. The van der Waals surface area contributed by atoms with Crippen LogP contribution in [0, 0.1) is 5.92 Å². The normalized spacial score (nSPS) is 19.8. The standard InChI is InChI=1S/C11H13IN4/c12-11-10(13-7-14-11)3-9-4-15-16(6-9)5-8-1-2-8/h4,6,8H,1-3,5,7H2. The molecule has 0 unspecified atom stereocenters. The molecule has 5 heteroatoms. The third-order valence-electron chi connectivity index (χ3n) is 2.91. The minimum atomic E-state index is 0.601. The van der Waals surface area contributed by atoms with Crippen LogP contribution < -0.4 is 0 Å². The van der Waals surface area contributed by atoms with Crippen LogP contribution in [-0.4, -0.2) is 25.9 Å². The van der Waals surface area contributed by atoms with E-state index in [-0.39, 0.29) is 0 Å². The third-order valence-corrected chi connectivity index (χ3v) is 3.87. The Morgan fingerprint density at radius 2 is 2.25 bits per heavy atom. The van der Waals surface area contributed by atoms with Gasteiger partial charge < -0.3 is 0 Å². The van der Waals surface area contributed by atoms with Crippen molar-refractivity contribution in [2.45, 2.75) is 25.8 Å². The summed E-state index contributed by atoms with van der Waals surface area (Å²) in [5.41, 5.74) is 2.34. The van der Waals surface area contributed by atoms with E-state index in [0.717, 1.165) is 28.3 Å². The lowest BCUT2D eigenvalue weighted by Crippen LogP contribution is -2.07. The molecule has 1 fully saturated rings. The fourth-order valence-electron chi connectivity index (χ4n) is 1.82. The zero-order valence-corrected chi connectivity index (χ0v) is 11.1. The molecule has 3 rings (SSSR count). The van der Waals surface area contributed by atoms with E-state index in [0.29, 0.717) is 6.67 Å². The van der Waals surface area contributed by atoms with Gasteiger partial charge in [0.1, 0.15) is 10.4 Å². The van der Waals surface area contributed by atoms with Crippen LogP contribution in [0.4, 0.5) is 0 Å². The summed E-state index contributed by atoms with van der Waals surface area (Å²) in [6.07, 6.45) is 7.70. The van der Waals surface area contributed by atoms with E-state index in [1.807, 2.05) is 6.20 Å². The van der Waals surface area contributed by atoms with Gasteiger partial charge in [-0.05, 0) is 46.9 Å². The molecule has 0 N–H and O–H groups in total. The van der Waals surface area contributed by atoms with Gasteiger partial charge in [-0.25, -0.2) is 0 Å². The van der Waals surface area contributed by atoms with E-state index in [2.05, 4.69) is 48.6 Å². The van der Waals surface area contributed by atoms with Crippen LogP contribution in [0.25, 0.3) is 0 Å². The lowest BCUT2D eigenvalue weighted by atomic mass is 10.2. The maximum Gasteiger partial charge on any atom is 0.131 e. The Balaban J connectivity index is 1.65. The van der Waals surface area contributed by atoms with Crippen LogP contribution in [0.5, 0.6) is 0 Å². The molecule has 0 radical (unpaired) electrons. The molecule has 0 bridgehead atoms. The van der Waals surface area contributed by atoms with Crippen LogP contribution in [0.15, 0.2) is 22.4 Å². The molecule has 0 aromatic carbocycles. The molecule has 0 atom stereocenters. The molecule has 0 spiro atoms. The summed E-state index contributed by atoms with van der Waals surface area (Å²) >= 11 is 2.25. The van der Waals surface area contributed by atoms with E-state index >= 15 is 0 Å². The van der Waals surface area contributed by atoms with Crippen molar-refractivity contribution in [1.29, 1.82) is 0 Å². The first-order chi connectivity index (χ1) is 7.81. The highest BCUT2D eigenvalue weighted by Gasteiger charge is 2.22. The monoisotopic (exact) mass is 328 g/mol. The van der Waals surface area contributed by atoms with Crippen molar-refractivity contribution >= 4 is 32.0 Å². The molecular weight excluding hydrogens is 315 g/mol. The number of nitrogens with zero attached hydrogens (tertiary/aromatic N) is 4. The molecule has 0 amide bonds. The van der Waals surface area contributed by atoms with Gasteiger partial charge >= 0.3 is 0 Å². The van der Waals surface area contributed by atoms with Gasteiger partial charge in [0.05, 0.1) is 11.9 Å². The summed E-state index contributed by atoms with van der Waals surface area (Å²) in [5, 5.41) is 4.38. The van der Waals surface area contributed by atoms with Crippen molar-refractivity contribution in [3.63, 3.8) is 0 Å². The van der Waals surface area contributed by atoms with E-state index in [9.17, 15) is 0 Å². The number of halogens is 1. The van der Waals surface area contributed by atoms with Crippen molar-refractivity contribution in [3.05, 3.63) is 18.0 Å². The van der Waals surface area contributed by atoms with Crippen LogP contribution in [0.1, 0.15) is 18.4 Å². The van der Waals surface area contributed by atoms with Gasteiger partial charge in [0.2, 0.25) is 0 Å². The van der Waals surface area contributed by atoms with Gasteiger partial charge in [0, 0.05) is 19.2 Å². The summed E-state index contributed by atoms with van der Waals surface area (Å²) in [4.78, 5) is 8.61. The lowest BCUT2D eigenvalue weighted by molar-refractivity contribution is 0.563. The van der Waals surface area contributed by atoms with E-state index in [1.165, 1.54) is 18.4 Å². The van der Waals surface area contributed by atoms with E-state index in [4.69, 9.17) is 0 Å². The van der Waals surface area contributed by atoms with Gasteiger partial charge in [-0.1, -0.05) is 0 Å². The second-order valence-corrected chi connectivity index (χ2v) is 5.41. The smallest absolute Gasteiger partial charge is 0.131 e. The van der Waals surface area contributed by atoms with Gasteiger partial charge in [0.25, 0.3) is 0 Å². The molecule has 1 aliphatic heterocycles. The molecule has 1 aliphatic carbocycles. The third kappa shape index (κ3) is 2.34. The Labute approximate surface area is 108 Å². The number of aromatic nitrogens is 2. The highest BCUT2D eigenvalue weighted by Crippen LogP contribution is 2.30. The average molecular weight is 328 g/mol. The molecule has 16 heavy (non-hydrogen) atoms. The molecule has 2 aliphatic rings. The van der Waals surface area contributed by atoms with Crippen LogP contribution in [0.3, 0.4) is 0 Å². The van der Waals surface area contributed by atoms with Gasteiger partial charge in [0.15, 0.2) is 0 Å². The summed E-state index contributed by atoms with van der Waals surface area (Å²) in [6, 6.07) is 0. The van der Waals surface area contributed by atoms with Crippen molar-refractivity contribution in [2.24, 2.45) is 15.9 Å². The van der Waals surface area contributed by atoms with Crippen molar-refractivity contribution < 1.29 is 0 Å². The minimum absolute atomic E-state index is 0.601. The van der Waals surface area contributed by atoms with Crippen molar-refractivity contribution in [3.8, 4) is 0 Å². The highest BCUT2D eigenvalue weighted by molar-refractivity contribution is 14.1. The quantitative estimate of drug-likeness (QED) is 0.781. The number of rotatable bonds is 4. The number of hydrogen-bond acceptors (Lipinski definition) is 3. The SMILES string of the molecule is IC1=NCN=C1Cc1cnn(CC2CC2)c1. The Morgan fingerprint density at radius 1 is 1.38 bits per heavy atom. The zero-order valence-electron chi connectivity index (χ0n) is 8.93. The summed E-state index contributed by atoms with van der Waals surface area (Å²) in [5.74, 6) is 0.873. The van der Waals surface area contributed by atoms with Gasteiger partial charge in [-0.2, -0.15) is 5.10 Å². The predicted molar refractivity (Wildman–Crippen MR) is 72.4 cm³/mol. The van der Waals surface area contributed by atoms with E-state index < -0.39 is 0 Å². The second kappa shape index (κ2) is 4.27. The first-order valence-electron chi connectivity index (χ1n) is 5.56. The molecule has 0 saturated heterocycles. The molecule has 1 saturated carbocycles. The van der Waals surface area contributed by atoms with Crippen molar-refractivity contribution in [2.75, 3.05) is 6.67 Å². The fourth-order valence-corrected chi connectivity index (χ4v) is 2.34. The lowest BCUT2D eigenvalue weighted by Gasteiger charge is -1.98. The van der Waals surface area contributed by atoms with E-state index in [1.54, 1.807) is 0 Å². The number of hydrogen-bond donors (Lipinski definition) is 0.